The second-order valence-corrected chi connectivity index (χ2v) is 6.93. The van der Waals surface area contributed by atoms with E-state index in [4.69, 9.17) is 0 Å². The van der Waals surface area contributed by atoms with Crippen molar-refractivity contribution in [2.24, 2.45) is 5.92 Å². The smallest absolute Gasteiger partial charge is 0.248 e. The number of carbonyl (C=O) groups excluding carboxylic acids is 2. The fraction of sp³-hybridized carbons (Fsp3) is 0.625. The molecule has 0 aromatic carbocycles. The first kappa shape index (κ1) is 16.0. The van der Waals surface area contributed by atoms with Crippen LogP contribution in [-0.2, 0) is 9.59 Å². The van der Waals surface area contributed by atoms with Crippen LogP contribution < -0.4 is 10.6 Å². The third-order valence-corrected chi connectivity index (χ3v) is 4.79. The van der Waals surface area contributed by atoms with E-state index >= 15 is 0 Å². The van der Waals surface area contributed by atoms with Gasteiger partial charge in [-0.1, -0.05) is 39.2 Å². The molecular weight excluding hydrogens is 284 g/mol. The van der Waals surface area contributed by atoms with Crippen LogP contribution in [-0.4, -0.2) is 17.9 Å². The molecule has 0 bridgehead atoms. The molecule has 0 aliphatic heterocycles. The molecule has 1 aliphatic rings. The van der Waals surface area contributed by atoms with Gasteiger partial charge in [0.05, 0.1) is 0 Å². The SMILES string of the molecule is CC(C)C(=O)NC(C(=O)NC1CCCCC1)c1cccs1. The zero-order valence-corrected chi connectivity index (χ0v) is 13.5. The van der Waals surface area contributed by atoms with E-state index in [2.05, 4.69) is 10.6 Å². The molecule has 116 valence electrons. The molecule has 4 nitrogen and oxygen atoms in total. The number of hydrogen-bond acceptors (Lipinski definition) is 3. The van der Waals surface area contributed by atoms with Crippen molar-refractivity contribution in [1.82, 2.24) is 10.6 Å². The minimum atomic E-state index is -0.568. The summed E-state index contributed by atoms with van der Waals surface area (Å²) >= 11 is 1.50. The summed E-state index contributed by atoms with van der Waals surface area (Å²) < 4.78 is 0. The molecule has 21 heavy (non-hydrogen) atoms. The van der Waals surface area contributed by atoms with Gasteiger partial charge in [0.2, 0.25) is 11.8 Å². The molecule has 1 fully saturated rings. The zero-order valence-electron chi connectivity index (χ0n) is 12.7. The fourth-order valence-corrected chi connectivity index (χ4v) is 3.34. The number of amides is 2. The number of hydrogen-bond donors (Lipinski definition) is 2. The first-order chi connectivity index (χ1) is 10.1. The van der Waals surface area contributed by atoms with Crippen molar-refractivity contribution >= 4 is 23.2 Å². The molecular formula is C16H24N2O2S. The lowest BCUT2D eigenvalue weighted by Gasteiger charge is -2.26. The van der Waals surface area contributed by atoms with Crippen LogP contribution in [0.3, 0.4) is 0 Å². The van der Waals surface area contributed by atoms with Crippen molar-refractivity contribution in [3.63, 3.8) is 0 Å². The Morgan fingerprint density at radius 1 is 1.19 bits per heavy atom. The van der Waals surface area contributed by atoms with Gasteiger partial charge in [-0.3, -0.25) is 9.59 Å². The Morgan fingerprint density at radius 2 is 1.90 bits per heavy atom. The van der Waals surface area contributed by atoms with Crippen molar-refractivity contribution < 1.29 is 9.59 Å². The van der Waals surface area contributed by atoms with E-state index in [1.165, 1.54) is 30.6 Å². The first-order valence-electron chi connectivity index (χ1n) is 7.72. The lowest BCUT2D eigenvalue weighted by Crippen LogP contribution is -2.45. The highest BCUT2D eigenvalue weighted by atomic mass is 32.1. The van der Waals surface area contributed by atoms with E-state index in [1.807, 2.05) is 31.4 Å². The maximum absolute atomic E-state index is 12.5. The van der Waals surface area contributed by atoms with Crippen LogP contribution in [0, 0.1) is 5.92 Å². The summed E-state index contributed by atoms with van der Waals surface area (Å²) in [5.74, 6) is -0.305. The number of carbonyl (C=O) groups is 2. The van der Waals surface area contributed by atoms with Gasteiger partial charge in [0.1, 0.15) is 6.04 Å². The fourth-order valence-electron chi connectivity index (χ4n) is 2.56. The van der Waals surface area contributed by atoms with E-state index in [0.717, 1.165) is 17.7 Å². The molecule has 1 unspecified atom stereocenters. The van der Waals surface area contributed by atoms with Gasteiger partial charge in [-0.05, 0) is 24.3 Å². The molecule has 2 amide bonds. The van der Waals surface area contributed by atoms with Crippen molar-refractivity contribution in [3.05, 3.63) is 22.4 Å². The maximum atomic E-state index is 12.5. The standard InChI is InChI=1S/C16H24N2O2S/c1-11(2)15(19)18-14(13-9-6-10-21-13)16(20)17-12-7-4-3-5-8-12/h6,9-12,14H,3-5,7-8H2,1-2H3,(H,17,20)(H,18,19). The predicted molar refractivity (Wildman–Crippen MR) is 85.1 cm³/mol. The van der Waals surface area contributed by atoms with Crippen LogP contribution in [0.4, 0.5) is 0 Å². The van der Waals surface area contributed by atoms with Crippen molar-refractivity contribution in [3.8, 4) is 0 Å². The summed E-state index contributed by atoms with van der Waals surface area (Å²) in [5, 5.41) is 7.90. The molecule has 1 heterocycles. The summed E-state index contributed by atoms with van der Waals surface area (Å²) in [6.45, 7) is 3.67. The zero-order chi connectivity index (χ0) is 15.2. The Hall–Kier alpha value is -1.36. The Labute approximate surface area is 130 Å². The van der Waals surface area contributed by atoms with Crippen molar-refractivity contribution in [2.45, 2.75) is 58.0 Å². The predicted octanol–water partition coefficient (Wildman–Crippen LogP) is 3.01. The Kier molecular flexibility index (Phi) is 5.79. The monoisotopic (exact) mass is 308 g/mol. The molecule has 1 aromatic heterocycles. The number of rotatable bonds is 5. The topological polar surface area (TPSA) is 58.2 Å². The van der Waals surface area contributed by atoms with E-state index < -0.39 is 6.04 Å². The van der Waals surface area contributed by atoms with Crippen LogP contribution in [0.1, 0.15) is 56.9 Å². The molecule has 2 N–H and O–H groups in total. The summed E-state index contributed by atoms with van der Waals surface area (Å²) in [6.07, 6.45) is 5.69. The number of thiophene rings is 1. The second-order valence-electron chi connectivity index (χ2n) is 5.96. The van der Waals surface area contributed by atoms with Gasteiger partial charge in [0.25, 0.3) is 0 Å². The lowest BCUT2D eigenvalue weighted by atomic mass is 9.95. The first-order valence-corrected chi connectivity index (χ1v) is 8.60. The third-order valence-electron chi connectivity index (χ3n) is 3.85. The Morgan fingerprint density at radius 3 is 2.48 bits per heavy atom. The molecule has 0 radical (unpaired) electrons. The summed E-state index contributed by atoms with van der Waals surface area (Å²) in [6, 6.07) is 3.49. The molecule has 0 saturated heterocycles. The second kappa shape index (κ2) is 7.59. The van der Waals surface area contributed by atoms with E-state index in [-0.39, 0.29) is 23.8 Å². The largest absolute Gasteiger partial charge is 0.351 e. The van der Waals surface area contributed by atoms with Gasteiger partial charge in [-0.2, -0.15) is 0 Å². The highest BCUT2D eigenvalue weighted by molar-refractivity contribution is 7.10. The van der Waals surface area contributed by atoms with Crippen LogP contribution in [0.15, 0.2) is 17.5 Å². The van der Waals surface area contributed by atoms with Crippen LogP contribution in [0.5, 0.6) is 0 Å². The van der Waals surface area contributed by atoms with Gasteiger partial charge >= 0.3 is 0 Å². The van der Waals surface area contributed by atoms with Crippen LogP contribution >= 0.6 is 11.3 Å². The molecule has 0 spiro atoms. The molecule has 1 aromatic rings. The van der Waals surface area contributed by atoms with Crippen molar-refractivity contribution in [2.75, 3.05) is 0 Å². The van der Waals surface area contributed by atoms with Crippen LogP contribution in [0.25, 0.3) is 0 Å². The van der Waals surface area contributed by atoms with Crippen LogP contribution in [0.2, 0.25) is 0 Å². The average Bonchev–Trinajstić information content (AvgIpc) is 2.99. The molecule has 2 rings (SSSR count). The Bertz CT molecular complexity index is 465. The molecule has 5 heteroatoms. The third kappa shape index (κ3) is 4.56. The van der Waals surface area contributed by atoms with E-state index in [1.54, 1.807) is 0 Å². The van der Waals surface area contributed by atoms with Gasteiger partial charge in [0, 0.05) is 16.8 Å². The maximum Gasteiger partial charge on any atom is 0.248 e. The molecule has 1 saturated carbocycles. The van der Waals surface area contributed by atoms with E-state index in [9.17, 15) is 9.59 Å². The summed E-state index contributed by atoms with van der Waals surface area (Å²) in [4.78, 5) is 25.4. The van der Waals surface area contributed by atoms with Gasteiger partial charge in [0.15, 0.2) is 0 Å². The van der Waals surface area contributed by atoms with Crippen molar-refractivity contribution in [1.29, 1.82) is 0 Å². The minimum absolute atomic E-state index is 0.0849. The summed E-state index contributed by atoms with van der Waals surface area (Å²) in [7, 11) is 0. The summed E-state index contributed by atoms with van der Waals surface area (Å²) in [5.41, 5.74) is 0. The van der Waals surface area contributed by atoms with Gasteiger partial charge in [-0.15, -0.1) is 11.3 Å². The molecule has 1 aliphatic carbocycles. The minimum Gasteiger partial charge on any atom is -0.351 e. The lowest BCUT2D eigenvalue weighted by molar-refractivity contribution is -0.131. The van der Waals surface area contributed by atoms with Gasteiger partial charge < -0.3 is 10.6 Å². The Balaban J connectivity index is 2.03. The number of nitrogens with one attached hydrogen (secondary N) is 2. The van der Waals surface area contributed by atoms with Gasteiger partial charge in [-0.25, -0.2) is 0 Å². The highest BCUT2D eigenvalue weighted by Crippen LogP contribution is 2.22. The average molecular weight is 308 g/mol. The molecule has 1 atom stereocenters. The quantitative estimate of drug-likeness (QED) is 0.878. The van der Waals surface area contributed by atoms with E-state index in [0.29, 0.717) is 0 Å². The highest BCUT2D eigenvalue weighted by Gasteiger charge is 2.27. The normalized spacial score (nSPS) is 17.5.